The molecule has 0 spiro atoms. The predicted molar refractivity (Wildman–Crippen MR) is 98.0 cm³/mol. The Bertz CT molecular complexity index is 467. The third kappa shape index (κ3) is 9.37. The van der Waals surface area contributed by atoms with Crippen LogP contribution in [0.4, 0.5) is 0 Å². The Morgan fingerprint density at radius 1 is 1.12 bits per heavy atom. The van der Waals surface area contributed by atoms with E-state index in [4.69, 9.17) is 14.2 Å². The predicted octanol–water partition coefficient (Wildman–Crippen LogP) is 1.85. The molecule has 0 aliphatic rings. The lowest BCUT2D eigenvalue weighted by Crippen LogP contribution is -2.38. The second-order valence-electron chi connectivity index (χ2n) is 5.25. The Morgan fingerprint density at radius 3 is 2.75 bits per heavy atom. The number of ether oxygens (including phenoxy) is 3. The molecule has 0 aliphatic carbocycles. The molecule has 0 radical (unpaired) electrons. The summed E-state index contributed by atoms with van der Waals surface area (Å²) in [6.45, 7) is 6.44. The van der Waals surface area contributed by atoms with Gasteiger partial charge in [-0.25, -0.2) is 0 Å². The van der Waals surface area contributed by atoms with Gasteiger partial charge < -0.3 is 24.8 Å². The van der Waals surface area contributed by atoms with Gasteiger partial charge >= 0.3 is 0 Å². The Balaban J connectivity index is 2.27. The molecule has 0 heterocycles. The van der Waals surface area contributed by atoms with Crippen molar-refractivity contribution < 1.29 is 14.2 Å². The van der Waals surface area contributed by atoms with E-state index in [1.54, 1.807) is 14.2 Å². The number of benzene rings is 1. The molecule has 0 unspecified atom stereocenters. The maximum Gasteiger partial charge on any atom is 0.191 e. The van der Waals surface area contributed by atoms with Gasteiger partial charge in [-0.3, -0.25) is 4.99 Å². The number of hydrogen-bond acceptors (Lipinski definition) is 4. The van der Waals surface area contributed by atoms with Crippen LogP contribution >= 0.6 is 0 Å². The van der Waals surface area contributed by atoms with Crippen LogP contribution in [0.2, 0.25) is 0 Å². The standard InChI is InChI=1S/C18H31N3O3/c1-4-19-18(20-10-6-12-24-14-13-22-2)21-11-9-16-7-5-8-17(15-16)23-3/h5,7-8,15H,4,6,9-14H2,1-3H3,(H2,19,20,21). The molecular weight excluding hydrogens is 306 g/mol. The highest BCUT2D eigenvalue weighted by atomic mass is 16.5. The number of nitrogens with one attached hydrogen (secondary N) is 2. The van der Waals surface area contributed by atoms with E-state index in [0.29, 0.717) is 19.8 Å². The maximum absolute atomic E-state index is 5.43. The summed E-state index contributed by atoms with van der Waals surface area (Å²) in [5.41, 5.74) is 1.24. The van der Waals surface area contributed by atoms with Crippen LogP contribution in [0.1, 0.15) is 18.9 Å². The van der Waals surface area contributed by atoms with Gasteiger partial charge in [0, 0.05) is 33.4 Å². The third-order valence-corrected chi connectivity index (χ3v) is 3.33. The molecule has 0 aromatic heterocycles. The number of rotatable bonds is 12. The van der Waals surface area contributed by atoms with Crippen molar-refractivity contribution in [2.75, 3.05) is 53.7 Å². The van der Waals surface area contributed by atoms with E-state index in [9.17, 15) is 0 Å². The minimum atomic E-state index is 0.637. The van der Waals surface area contributed by atoms with Crippen LogP contribution in [0.15, 0.2) is 29.3 Å². The Hall–Kier alpha value is -1.79. The van der Waals surface area contributed by atoms with E-state index >= 15 is 0 Å². The minimum Gasteiger partial charge on any atom is -0.497 e. The van der Waals surface area contributed by atoms with Crippen molar-refractivity contribution in [2.45, 2.75) is 19.8 Å². The van der Waals surface area contributed by atoms with Gasteiger partial charge in [-0.15, -0.1) is 0 Å². The maximum atomic E-state index is 5.43. The fourth-order valence-corrected chi connectivity index (χ4v) is 2.10. The van der Waals surface area contributed by atoms with Gasteiger partial charge in [0.2, 0.25) is 0 Å². The minimum absolute atomic E-state index is 0.637. The molecule has 0 atom stereocenters. The first-order valence-corrected chi connectivity index (χ1v) is 8.52. The van der Waals surface area contributed by atoms with Crippen molar-refractivity contribution in [2.24, 2.45) is 4.99 Å². The molecule has 0 saturated heterocycles. The molecule has 24 heavy (non-hydrogen) atoms. The normalized spacial score (nSPS) is 11.4. The van der Waals surface area contributed by atoms with Crippen molar-refractivity contribution in [3.8, 4) is 5.75 Å². The monoisotopic (exact) mass is 337 g/mol. The quantitative estimate of drug-likeness (QED) is 0.346. The fourth-order valence-electron chi connectivity index (χ4n) is 2.10. The average molecular weight is 337 g/mol. The van der Waals surface area contributed by atoms with Crippen LogP contribution in [0.3, 0.4) is 0 Å². The van der Waals surface area contributed by atoms with E-state index in [0.717, 1.165) is 44.2 Å². The second kappa shape index (κ2) is 13.6. The highest BCUT2D eigenvalue weighted by molar-refractivity contribution is 5.79. The van der Waals surface area contributed by atoms with Gasteiger partial charge in [0.1, 0.15) is 5.75 Å². The van der Waals surface area contributed by atoms with Gasteiger partial charge in [0.15, 0.2) is 5.96 Å². The van der Waals surface area contributed by atoms with Crippen LogP contribution in [-0.2, 0) is 15.9 Å². The number of guanidine groups is 1. The van der Waals surface area contributed by atoms with Gasteiger partial charge in [0.25, 0.3) is 0 Å². The molecule has 1 aromatic carbocycles. The Labute approximate surface area is 145 Å². The summed E-state index contributed by atoms with van der Waals surface area (Å²) < 4.78 is 15.6. The van der Waals surface area contributed by atoms with Crippen LogP contribution in [0, 0.1) is 0 Å². The molecule has 136 valence electrons. The molecule has 0 saturated carbocycles. The molecule has 2 N–H and O–H groups in total. The fraction of sp³-hybridized carbons (Fsp3) is 0.611. The topological polar surface area (TPSA) is 64.1 Å². The first-order chi connectivity index (χ1) is 11.8. The zero-order chi connectivity index (χ0) is 17.5. The van der Waals surface area contributed by atoms with Crippen LogP contribution in [0.5, 0.6) is 5.75 Å². The molecule has 6 heteroatoms. The average Bonchev–Trinajstić information content (AvgIpc) is 2.61. The number of nitrogens with zero attached hydrogens (tertiary/aromatic N) is 1. The molecule has 0 fully saturated rings. The smallest absolute Gasteiger partial charge is 0.191 e. The molecule has 6 nitrogen and oxygen atoms in total. The SMILES string of the molecule is CCNC(=NCCCOCCOC)NCCc1cccc(OC)c1. The van der Waals surface area contributed by atoms with Crippen LogP contribution < -0.4 is 15.4 Å². The molecule has 0 aliphatic heterocycles. The molecule has 0 bridgehead atoms. The lowest BCUT2D eigenvalue weighted by molar-refractivity contribution is 0.0702. The third-order valence-electron chi connectivity index (χ3n) is 3.33. The molecule has 0 amide bonds. The van der Waals surface area contributed by atoms with Crippen molar-refractivity contribution in [1.29, 1.82) is 0 Å². The van der Waals surface area contributed by atoms with Crippen molar-refractivity contribution in [3.05, 3.63) is 29.8 Å². The summed E-state index contributed by atoms with van der Waals surface area (Å²) in [6.07, 6.45) is 1.82. The first-order valence-electron chi connectivity index (χ1n) is 8.52. The van der Waals surface area contributed by atoms with Gasteiger partial charge in [-0.1, -0.05) is 12.1 Å². The molecular formula is C18H31N3O3. The van der Waals surface area contributed by atoms with Crippen molar-refractivity contribution >= 4 is 5.96 Å². The van der Waals surface area contributed by atoms with E-state index in [-0.39, 0.29) is 0 Å². The highest BCUT2D eigenvalue weighted by Gasteiger charge is 1.99. The summed E-state index contributed by atoms with van der Waals surface area (Å²) in [4.78, 5) is 4.55. The zero-order valence-corrected chi connectivity index (χ0v) is 15.1. The Morgan fingerprint density at radius 2 is 2.00 bits per heavy atom. The number of methoxy groups -OCH3 is 2. The summed E-state index contributed by atoms with van der Waals surface area (Å²) >= 11 is 0. The van der Waals surface area contributed by atoms with Gasteiger partial charge in [-0.05, 0) is 37.5 Å². The van der Waals surface area contributed by atoms with Gasteiger partial charge in [0.05, 0.1) is 20.3 Å². The zero-order valence-electron chi connectivity index (χ0n) is 15.1. The largest absolute Gasteiger partial charge is 0.497 e. The molecule has 1 aromatic rings. The van der Waals surface area contributed by atoms with Crippen LogP contribution in [-0.4, -0.2) is 59.6 Å². The first kappa shape index (κ1) is 20.3. The summed E-state index contributed by atoms with van der Waals surface area (Å²) in [7, 11) is 3.36. The van der Waals surface area contributed by atoms with E-state index in [1.165, 1.54) is 5.56 Å². The van der Waals surface area contributed by atoms with E-state index in [1.807, 2.05) is 12.1 Å². The van der Waals surface area contributed by atoms with Crippen molar-refractivity contribution in [3.63, 3.8) is 0 Å². The van der Waals surface area contributed by atoms with Crippen LogP contribution in [0.25, 0.3) is 0 Å². The van der Waals surface area contributed by atoms with Gasteiger partial charge in [-0.2, -0.15) is 0 Å². The lowest BCUT2D eigenvalue weighted by Gasteiger charge is -2.11. The van der Waals surface area contributed by atoms with E-state index < -0.39 is 0 Å². The summed E-state index contributed by atoms with van der Waals surface area (Å²) in [6, 6.07) is 8.13. The second-order valence-corrected chi connectivity index (χ2v) is 5.25. The summed E-state index contributed by atoms with van der Waals surface area (Å²) in [5.74, 6) is 1.74. The van der Waals surface area contributed by atoms with Crippen molar-refractivity contribution in [1.82, 2.24) is 10.6 Å². The highest BCUT2D eigenvalue weighted by Crippen LogP contribution is 2.12. The lowest BCUT2D eigenvalue weighted by atomic mass is 10.1. The number of aliphatic imine (C=N–C) groups is 1. The number of hydrogen-bond donors (Lipinski definition) is 2. The Kier molecular flexibility index (Phi) is 11.5. The summed E-state index contributed by atoms with van der Waals surface area (Å²) in [5, 5.41) is 6.61. The molecule has 1 rings (SSSR count). The van der Waals surface area contributed by atoms with E-state index in [2.05, 4.69) is 34.7 Å².